The topological polar surface area (TPSA) is 72.4 Å². The molecule has 0 fully saturated rings. The first-order chi connectivity index (χ1) is 7.12. The first kappa shape index (κ1) is 26.4. The van der Waals surface area contributed by atoms with Crippen LogP contribution in [0, 0.1) is 5.41 Å². The maximum absolute atomic E-state index is 10.7. The molecule has 0 aliphatic rings. The van der Waals surface area contributed by atoms with Gasteiger partial charge in [-0.25, -0.2) is 0 Å². The standard InChI is InChI=1S/C8H16Br3O4P.2Na/c1-8(2,5-10)7(3-6(11)4-9)15-16(12,13)14;;/h6-7H,3-5H2,1-2H3,(H2,12,13,14);;/q;2*+1/p-2. The molecule has 0 aromatic rings. The van der Waals surface area contributed by atoms with Crippen LogP contribution in [0.4, 0.5) is 0 Å². The van der Waals surface area contributed by atoms with Gasteiger partial charge < -0.3 is 18.9 Å². The Morgan fingerprint density at radius 1 is 1.28 bits per heavy atom. The van der Waals surface area contributed by atoms with Gasteiger partial charge in [-0.05, 0) is 6.42 Å². The van der Waals surface area contributed by atoms with Crippen LogP contribution in [0.3, 0.4) is 0 Å². The zero-order chi connectivity index (χ0) is 13.0. The van der Waals surface area contributed by atoms with Gasteiger partial charge >= 0.3 is 59.1 Å². The Kier molecular flexibility index (Phi) is 17.7. The number of rotatable bonds is 7. The van der Waals surface area contributed by atoms with Crippen LogP contribution in [0.25, 0.3) is 0 Å². The van der Waals surface area contributed by atoms with Crippen molar-refractivity contribution < 1.29 is 78.0 Å². The summed E-state index contributed by atoms with van der Waals surface area (Å²) < 4.78 is 15.3. The Morgan fingerprint density at radius 2 is 1.72 bits per heavy atom. The first-order valence-electron chi connectivity index (χ1n) is 4.59. The fourth-order valence-electron chi connectivity index (χ4n) is 1.04. The molecule has 0 aromatic carbocycles. The minimum atomic E-state index is -4.96. The molecule has 98 valence electrons. The van der Waals surface area contributed by atoms with E-state index in [-0.39, 0.29) is 63.9 Å². The van der Waals surface area contributed by atoms with Gasteiger partial charge in [0.25, 0.3) is 0 Å². The Morgan fingerprint density at radius 3 is 2.00 bits per heavy atom. The van der Waals surface area contributed by atoms with E-state index in [1.54, 1.807) is 0 Å². The maximum Gasteiger partial charge on any atom is 1.00 e. The summed E-state index contributed by atoms with van der Waals surface area (Å²) in [6.45, 7) is 3.69. The van der Waals surface area contributed by atoms with Gasteiger partial charge in [0.15, 0.2) is 0 Å². The van der Waals surface area contributed by atoms with E-state index in [2.05, 4.69) is 52.3 Å². The van der Waals surface area contributed by atoms with Gasteiger partial charge in [-0.2, -0.15) is 0 Å². The van der Waals surface area contributed by atoms with Crippen molar-refractivity contribution in [3.05, 3.63) is 0 Å². The number of hydrogen-bond donors (Lipinski definition) is 0. The van der Waals surface area contributed by atoms with Crippen molar-refractivity contribution in [1.29, 1.82) is 0 Å². The molecule has 0 saturated carbocycles. The average molecular weight is 491 g/mol. The molecule has 0 radical (unpaired) electrons. The van der Waals surface area contributed by atoms with Crippen LogP contribution in [-0.2, 0) is 9.09 Å². The van der Waals surface area contributed by atoms with E-state index in [1.807, 2.05) is 13.8 Å². The largest absolute Gasteiger partial charge is 1.00 e. The van der Waals surface area contributed by atoms with E-state index in [4.69, 9.17) is 0 Å². The maximum atomic E-state index is 10.7. The summed E-state index contributed by atoms with van der Waals surface area (Å²) in [6.07, 6.45) is -0.201. The molecular weight excluding hydrogens is 477 g/mol. The Bertz CT molecular complexity index is 265. The predicted molar refractivity (Wildman–Crippen MR) is 71.2 cm³/mol. The van der Waals surface area contributed by atoms with Crippen molar-refractivity contribution in [3.8, 4) is 0 Å². The van der Waals surface area contributed by atoms with Gasteiger partial charge in [0.2, 0.25) is 0 Å². The number of phosphoric ester groups is 1. The quantitative estimate of drug-likeness (QED) is 0.208. The molecule has 2 unspecified atom stereocenters. The van der Waals surface area contributed by atoms with Gasteiger partial charge in [-0.15, -0.1) is 0 Å². The van der Waals surface area contributed by atoms with Crippen molar-refractivity contribution in [1.82, 2.24) is 0 Å². The molecule has 0 aromatic heterocycles. The number of alkyl halides is 3. The van der Waals surface area contributed by atoms with Crippen molar-refractivity contribution in [2.24, 2.45) is 5.41 Å². The Balaban J connectivity index is -0.00000112. The van der Waals surface area contributed by atoms with Crippen LogP contribution in [0.15, 0.2) is 0 Å². The molecular formula is C8H14Br3Na2O4P. The first-order valence-corrected chi connectivity index (χ1v) is 9.20. The Labute approximate surface area is 178 Å². The third kappa shape index (κ3) is 12.1. The fraction of sp³-hybridized carbons (Fsp3) is 1.00. The summed E-state index contributed by atoms with van der Waals surface area (Å²) in [5.41, 5.74) is -0.432. The van der Waals surface area contributed by atoms with E-state index < -0.39 is 19.3 Å². The second-order valence-corrected chi connectivity index (χ2v) is 7.76. The van der Waals surface area contributed by atoms with E-state index in [1.165, 1.54) is 0 Å². The summed E-state index contributed by atoms with van der Waals surface area (Å²) in [5, 5.41) is 1.21. The van der Waals surface area contributed by atoms with Crippen molar-refractivity contribution in [2.75, 3.05) is 10.7 Å². The second-order valence-electron chi connectivity index (χ2n) is 4.15. The van der Waals surface area contributed by atoms with Crippen molar-refractivity contribution in [3.63, 3.8) is 0 Å². The second kappa shape index (κ2) is 12.0. The van der Waals surface area contributed by atoms with Gasteiger partial charge in [0.05, 0.1) is 13.9 Å². The summed E-state index contributed by atoms with van der Waals surface area (Å²) in [5.74, 6) is 0. The smallest absolute Gasteiger partial charge is 0.790 e. The number of hydrogen-bond acceptors (Lipinski definition) is 4. The molecule has 2 atom stereocenters. The van der Waals surface area contributed by atoms with E-state index in [0.717, 1.165) is 0 Å². The number of phosphoric acid groups is 1. The normalized spacial score (nSPS) is 15.3. The van der Waals surface area contributed by atoms with E-state index in [0.29, 0.717) is 17.1 Å². The van der Waals surface area contributed by atoms with Crippen LogP contribution in [0.5, 0.6) is 0 Å². The average Bonchev–Trinajstić information content (AvgIpc) is 2.14. The van der Waals surface area contributed by atoms with Crippen LogP contribution < -0.4 is 68.9 Å². The molecule has 18 heavy (non-hydrogen) atoms. The third-order valence-electron chi connectivity index (χ3n) is 2.11. The van der Waals surface area contributed by atoms with Gasteiger partial charge in [-0.3, -0.25) is 0 Å². The van der Waals surface area contributed by atoms with Crippen molar-refractivity contribution in [2.45, 2.75) is 31.2 Å². The Hall–Kier alpha value is 3.55. The fourth-order valence-corrected chi connectivity index (χ4v) is 2.69. The van der Waals surface area contributed by atoms with Crippen molar-refractivity contribution >= 4 is 55.6 Å². The monoisotopic (exact) mass is 488 g/mol. The van der Waals surface area contributed by atoms with Gasteiger partial charge in [-0.1, -0.05) is 61.6 Å². The molecule has 0 aliphatic heterocycles. The molecule has 0 spiro atoms. The van der Waals surface area contributed by atoms with Crippen LogP contribution in [0.1, 0.15) is 20.3 Å². The van der Waals surface area contributed by atoms with Gasteiger partial charge in [0, 0.05) is 20.9 Å². The molecule has 0 heterocycles. The minimum absolute atomic E-state index is 0. The minimum Gasteiger partial charge on any atom is -0.790 e. The molecule has 0 saturated heterocycles. The van der Waals surface area contributed by atoms with Gasteiger partial charge in [0.1, 0.15) is 0 Å². The molecule has 0 bridgehead atoms. The summed E-state index contributed by atoms with van der Waals surface area (Å²) in [4.78, 5) is 21.4. The van der Waals surface area contributed by atoms with Crippen LogP contribution >= 0.6 is 55.6 Å². The summed E-state index contributed by atoms with van der Waals surface area (Å²) in [7, 11) is -4.96. The summed E-state index contributed by atoms with van der Waals surface area (Å²) >= 11 is 9.93. The molecule has 4 nitrogen and oxygen atoms in total. The molecule has 0 N–H and O–H groups in total. The van der Waals surface area contributed by atoms with E-state index >= 15 is 0 Å². The zero-order valence-electron chi connectivity index (χ0n) is 11.0. The molecule has 0 rings (SSSR count). The SMILES string of the molecule is CC(C)(CBr)C(CC(Br)CBr)OP(=O)([O-])[O-].[Na+].[Na+]. The third-order valence-corrected chi connectivity index (χ3v) is 6.42. The van der Waals surface area contributed by atoms with Crippen LogP contribution in [0.2, 0.25) is 0 Å². The molecule has 0 aliphatic carbocycles. The molecule has 10 heteroatoms. The van der Waals surface area contributed by atoms with E-state index in [9.17, 15) is 14.4 Å². The van der Waals surface area contributed by atoms with Crippen LogP contribution in [-0.4, -0.2) is 21.6 Å². The predicted octanol–water partition coefficient (Wildman–Crippen LogP) is -3.82. The number of halogens is 3. The molecule has 0 amide bonds. The zero-order valence-corrected chi connectivity index (χ0v) is 20.6. The summed E-state index contributed by atoms with van der Waals surface area (Å²) in [6, 6.07) is 0.